The monoisotopic (exact) mass is 458 g/mol. The van der Waals surface area contributed by atoms with E-state index >= 15 is 0 Å². The summed E-state index contributed by atoms with van der Waals surface area (Å²) in [5, 5.41) is 13.5. The second-order valence-electron chi connectivity index (χ2n) is 7.74. The van der Waals surface area contributed by atoms with Crippen LogP contribution in [-0.2, 0) is 24.1 Å². The molecular formula is C25H29F3N4O. The summed E-state index contributed by atoms with van der Waals surface area (Å²) >= 11 is 0. The summed E-state index contributed by atoms with van der Waals surface area (Å²) in [6, 6.07) is 10.0. The summed E-state index contributed by atoms with van der Waals surface area (Å²) in [5.74, 6) is 0.126. The van der Waals surface area contributed by atoms with Crippen LogP contribution < -0.4 is 0 Å². The molecule has 8 heteroatoms. The summed E-state index contributed by atoms with van der Waals surface area (Å²) in [6.45, 7) is 6.52. The van der Waals surface area contributed by atoms with E-state index in [1.807, 2.05) is 32.0 Å². The second-order valence-corrected chi connectivity index (χ2v) is 7.74. The van der Waals surface area contributed by atoms with Gasteiger partial charge >= 0.3 is 6.18 Å². The molecule has 33 heavy (non-hydrogen) atoms. The third-order valence-corrected chi connectivity index (χ3v) is 5.23. The van der Waals surface area contributed by atoms with Gasteiger partial charge in [-0.15, -0.1) is 0 Å². The molecule has 1 aliphatic heterocycles. The van der Waals surface area contributed by atoms with Gasteiger partial charge in [0.1, 0.15) is 0 Å². The highest BCUT2D eigenvalue weighted by Crippen LogP contribution is 2.35. The van der Waals surface area contributed by atoms with E-state index in [1.54, 1.807) is 17.2 Å². The number of fused-ring (bicyclic) bond motifs is 1. The van der Waals surface area contributed by atoms with E-state index in [0.717, 1.165) is 47.4 Å². The van der Waals surface area contributed by atoms with Gasteiger partial charge in [-0.25, -0.2) is 4.99 Å². The molecule has 176 valence electrons. The first kappa shape index (κ1) is 26.0. The van der Waals surface area contributed by atoms with Crippen LogP contribution in [0.15, 0.2) is 41.4 Å². The summed E-state index contributed by atoms with van der Waals surface area (Å²) in [7, 11) is 0. The molecule has 0 saturated heterocycles. The number of rotatable bonds is 5. The summed E-state index contributed by atoms with van der Waals surface area (Å²) in [4.78, 5) is 17.3. The predicted octanol–water partition coefficient (Wildman–Crippen LogP) is 6.42. The average molecular weight is 459 g/mol. The highest BCUT2D eigenvalue weighted by Gasteiger charge is 2.32. The molecule has 0 unspecified atom stereocenters. The summed E-state index contributed by atoms with van der Waals surface area (Å²) < 4.78 is 38.6. The quantitative estimate of drug-likeness (QED) is 0.394. The smallest absolute Gasteiger partial charge is 0.334 e. The van der Waals surface area contributed by atoms with Gasteiger partial charge in [0.15, 0.2) is 5.84 Å². The van der Waals surface area contributed by atoms with Crippen LogP contribution in [0.25, 0.3) is 11.1 Å². The molecule has 2 aromatic carbocycles. The van der Waals surface area contributed by atoms with Crippen LogP contribution >= 0.6 is 0 Å². The average Bonchev–Trinajstić information content (AvgIpc) is 3.21. The van der Waals surface area contributed by atoms with Gasteiger partial charge in [-0.3, -0.25) is 10.2 Å². The number of hydrogen-bond donors (Lipinski definition) is 2. The van der Waals surface area contributed by atoms with E-state index in [9.17, 15) is 18.0 Å². The van der Waals surface area contributed by atoms with Gasteiger partial charge in [-0.05, 0) is 53.3 Å². The molecule has 0 spiro atoms. The van der Waals surface area contributed by atoms with Crippen LogP contribution in [0.1, 0.15) is 55.4 Å². The standard InChI is InChI=1S/C19H18F3NO.C6H11N3/c1-3-18(24)23-10-15-5-4-14(9-16(15)11-23)13-6-7-17(12(2)8-13)19(20,21)22;1-2-3-4-9-6(8)5-7/h4-9H,3,10-11H2,1-2H3;4-5,7-8H,2-3H2,1H3. The Bertz CT molecular complexity index is 1040. The van der Waals surface area contributed by atoms with E-state index in [0.29, 0.717) is 19.5 Å². The number of aliphatic imine (C=N–C) groups is 1. The van der Waals surface area contributed by atoms with E-state index in [2.05, 4.69) is 4.99 Å². The number of unbranched alkanes of at least 4 members (excludes halogenated alkanes) is 1. The topological polar surface area (TPSA) is 80.4 Å². The fraction of sp³-hybridized carbons (Fsp3) is 0.360. The van der Waals surface area contributed by atoms with Crippen LogP contribution in [0.4, 0.5) is 13.2 Å². The first-order valence-electron chi connectivity index (χ1n) is 10.8. The fourth-order valence-electron chi connectivity index (χ4n) is 3.46. The van der Waals surface area contributed by atoms with Gasteiger partial charge in [0, 0.05) is 25.7 Å². The number of hydrogen-bond acceptors (Lipinski definition) is 3. The maximum absolute atomic E-state index is 12.9. The number of carbonyl (C=O) groups excluding carboxylic acids is 1. The summed E-state index contributed by atoms with van der Waals surface area (Å²) in [6.07, 6.45) is 0.644. The number of benzene rings is 2. The molecule has 0 fully saturated rings. The third-order valence-electron chi connectivity index (χ3n) is 5.23. The minimum Gasteiger partial charge on any atom is -0.334 e. The van der Waals surface area contributed by atoms with Gasteiger partial charge in [0.25, 0.3) is 0 Å². The Morgan fingerprint density at radius 3 is 2.30 bits per heavy atom. The number of amides is 1. The van der Waals surface area contributed by atoms with Crippen molar-refractivity contribution in [1.29, 1.82) is 10.8 Å². The van der Waals surface area contributed by atoms with E-state index < -0.39 is 11.7 Å². The van der Waals surface area contributed by atoms with Gasteiger partial charge in [-0.1, -0.05) is 44.5 Å². The first-order valence-corrected chi connectivity index (χ1v) is 10.8. The van der Waals surface area contributed by atoms with Crippen molar-refractivity contribution in [3.8, 4) is 11.1 Å². The number of amidine groups is 1. The number of nitrogens with one attached hydrogen (secondary N) is 2. The van der Waals surface area contributed by atoms with Crippen molar-refractivity contribution in [3.63, 3.8) is 0 Å². The molecule has 2 aromatic rings. The minimum absolute atomic E-state index is 0.0171. The van der Waals surface area contributed by atoms with E-state index in [4.69, 9.17) is 10.8 Å². The SMILES string of the molecule is CCC(=O)N1Cc2ccc(-c3ccc(C(F)(F)F)c(C)c3)cc2C1.CCCC=NC(=N)C=N. The minimum atomic E-state index is -4.33. The molecule has 0 radical (unpaired) electrons. The molecule has 3 rings (SSSR count). The lowest BCUT2D eigenvalue weighted by Crippen LogP contribution is -2.23. The zero-order chi connectivity index (χ0) is 24.6. The highest BCUT2D eigenvalue weighted by molar-refractivity contribution is 6.28. The molecule has 0 aromatic heterocycles. The zero-order valence-corrected chi connectivity index (χ0v) is 19.1. The maximum atomic E-state index is 12.9. The van der Waals surface area contributed by atoms with Crippen molar-refractivity contribution in [2.75, 3.05) is 0 Å². The Hall–Kier alpha value is -3.29. The largest absolute Gasteiger partial charge is 0.416 e. The Balaban J connectivity index is 0.000000365. The number of aryl methyl sites for hydroxylation is 1. The van der Waals surface area contributed by atoms with Crippen molar-refractivity contribution < 1.29 is 18.0 Å². The number of halogens is 3. The molecule has 1 aliphatic rings. The molecule has 0 bridgehead atoms. The molecular weight excluding hydrogens is 429 g/mol. The van der Waals surface area contributed by atoms with Crippen LogP contribution in [0.3, 0.4) is 0 Å². The Morgan fingerprint density at radius 1 is 1.09 bits per heavy atom. The molecule has 0 saturated carbocycles. The molecule has 1 amide bonds. The van der Waals surface area contributed by atoms with E-state index in [-0.39, 0.29) is 17.3 Å². The lowest BCUT2D eigenvalue weighted by atomic mass is 9.97. The van der Waals surface area contributed by atoms with Gasteiger partial charge in [-0.2, -0.15) is 13.2 Å². The Kier molecular flexibility index (Phi) is 9.08. The Labute approximate surface area is 192 Å². The van der Waals surface area contributed by atoms with Gasteiger partial charge in [0.2, 0.25) is 5.91 Å². The number of alkyl halides is 3. The first-order chi connectivity index (χ1) is 15.6. The van der Waals surface area contributed by atoms with Crippen molar-refractivity contribution >= 4 is 24.2 Å². The molecule has 5 nitrogen and oxygen atoms in total. The maximum Gasteiger partial charge on any atom is 0.416 e. The van der Waals surface area contributed by atoms with Crippen LogP contribution in [0.2, 0.25) is 0 Å². The number of carbonyl (C=O) groups is 1. The normalized spacial score (nSPS) is 12.8. The Morgan fingerprint density at radius 2 is 1.73 bits per heavy atom. The van der Waals surface area contributed by atoms with Crippen molar-refractivity contribution in [1.82, 2.24) is 4.90 Å². The highest BCUT2D eigenvalue weighted by atomic mass is 19.4. The fourth-order valence-corrected chi connectivity index (χ4v) is 3.46. The zero-order valence-electron chi connectivity index (χ0n) is 19.1. The number of nitrogens with zero attached hydrogens (tertiary/aromatic N) is 2. The lowest BCUT2D eigenvalue weighted by molar-refractivity contribution is -0.138. The third kappa shape index (κ3) is 7.10. The van der Waals surface area contributed by atoms with E-state index in [1.165, 1.54) is 13.0 Å². The van der Waals surface area contributed by atoms with Gasteiger partial charge in [0.05, 0.1) is 11.8 Å². The lowest BCUT2D eigenvalue weighted by Gasteiger charge is -2.13. The van der Waals surface area contributed by atoms with Crippen molar-refractivity contribution in [2.24, 2.45) is 4.99 Å². The van der Waals surface area contributed by atoms with Crippen LogP contribution in [0, 0.1) is 17.7 Å². The molecule has 2 N–H and O–H groups in total. The van der Waals surface area contributed by atoms with Gasteiger partial charge < -0.3 is 10.3 Å². The van der Waals surface area contributed by atoms with Crippen molar-refractivity contribution in [2.45, 2.75) is 59.3 Å². The predicted molar refractivity (Wildman–Crippen MR) is 126 cm³/mol. The molecule has 1 heterocycles. The second kappa shape index (κ2) is 11.5. The van der Waals surface area contributed by atoms with Crippen LogP contribution in [-0.4, -0.2) is 29.1 Å². The summed E-state index contributed by atoms with van der Waals surface area (Å²) in [5.41, 5.74) is 3.39. The van der Waals surface area contributed by atoms with Crippen molar-refractivity contribution in [3.05, 3.63) is 58.7 Å². The molecule has 0 aliphatic carbocycles. The van der Waals surface area contributed by atoms with Crippen LogP contribution in [0.5, 0.6) is 0 Å². The molecule has 0 atom stereocenters.